The number of carboxylic acid groups (broad SMARTS) is 1. The summed E-state index contributed by atoms with van der Waals surface area (Å²) in [6.07, 6.45) is 0. The average molecular weight is 442 g/mol. The minimum Gasteiger partial charge on any atom is -0.478 e. The van der Waals surface area contributed by atoms with Crippen LogP contribution in [0, 0.1) is 6.92 Å². The molecule has 2 aromatic heterocycles. The maximum absolute atomic E-state index is 11.9. The van der Waals surface area contributed by atoms with Crippen molar-refractivity contribution in [1.29, 1.82) is 0 Å². The lowest BCUT2D eigenvalue weighted by Gasteiger charge is -2.11. The number of aromatic carboxylic acids is 1. The Hall–Kier alpha value is -4.66. The van der Waals surface area contributed by atoms with Gasteiger partial charge in [-0.25, -0.2) is 9.59 Å². The number of fused-ring (bicyclic) bond motifs is 1. The van der Waals surface area contributed by atoms with Crippen LogP contribution in [0.5, 0.6) is 6.01 Å². The SMILES string of the molecule is COc1nc2c(C)c(-c3ccc(-c4ccccc4-c4nc(=O)o[nH]4)cc3)cc(C(=O)O)c2[nH]1. The first-order valence-corrected chi connectivity index (χ1v) is 10.0. The second-order valence-electron chi connectivity index (χ2n) is 7.42. The fourth-order valence-corrected chi connectivity index (χ4v) is 3.95. The van der Waals surface area contributed by atoms with Gasteiger partial charge in [-0.05, 0) is 40.8 Å². The van der Waals surface area contributed by atoms with Crippen molar-refractivity contribution < 1.29 is 19.2 Å². The number of hydrogen-bond acceptors (Lipinski definition) is 6. The lowest BCUT2D eigenvalue weighted by Crippen LogP contribution is -2.00. The third-order valence-corrected chi connectivity index (χ3v) is 5.55. The quantitative estimate of drug-likeness (QED) is 0.370. The Labute approximate surface area is 186 Å². The number of nitrogens with one attached hydrogen (secondary N) is 2. The number of carbonyl (C=O) groups is 1. The van der Waals surface area contributed by atoms with Crippen molar-refractivity contribution in [3.63, 3.8) is 0 Å². The molecule has 3 aromatic carbocycles. The van der Waals surface area contributed by atoms with Gasteiger partial charge in [0.2, 0.25) is 0 Å². The van der Waals surface area contributed by atoms with E-state index in [-0.39, 0.29) is 11.6 Å². The van der Waals surface area contributed by atoms with Crippen LogP contribution in [0.4, 0.5) is 0 Å². The smallest absolute Gasteiger partial charge is 0.460 e. The fourth-order valence-electron chi connectivity index (χ4n) is 3.95. The molecule has 3 N–H and O–H groups in total. The monoisotopic (exact) mass is 442 g/mol. The molecule has 5 rings (SSSR count). The first-order chi connectivity index (χ1) is 16.0. The Kier molecular flexibility index (Phi) is 4.78. The molecule has 0 saturated carbocycles. The van der Waals surface area contributed by atoms with E-state index in [0.717, 1.165) is 33.4 Å². The summed E-state index contributed by atoms with van der Waals surface area (Å²) in [5.74, 6) is -1.40. The Morgan fingerprint density at radius 2 is 1.67 bits per heavy atom. The molecule has 9 heteroatoms. The molecule has 164 valence electrons. The molecule has 0 aliphatic heterocycles. The van der Waals surface area contributed by atoms with Crippen LogP contribution in [0.3, 0.4) is 0 Å². The largest absolute Gasteiger partial charge is 0.478 e. The molecule has 0 radical (unpaired) electrons. The minimum atomic E-state index is -1.06. The topological polar surface area (TPSA) is 134 Å². The summed E-state index contributed by atoms with van der Waals surface area (Å²) in [6.45, 7) is 1.90. The standard InChI is InChI=1S/C24H18N4O5/c1-12-17(11-18(22(29)30)20-19(12)25-23(26-20)32-2)14-9-7-13(8-10-14)15-5-3-4-6-16(15)21-27-24(31)33-28-21/h3-11H,1-2H3,(H,25,26)(H,29,30)(H,27,28,31). The van der Waals surface area contributed by atoms with Gasteiger partial charge in [0.25, 0.3) is 6.01 Å². The first kappa shape index (κ1) is 20.3. The number of aromatic amines is 2. The number of ether oxygens (including phenoxy) is 1. The molecule has 0 amide bonds. The van der Waals surface area contributed by atoms with Gasteiger partial charge in [-0.1, -0.05) is 48.5 Å². The van der Waals surface area contributed by atoms with Crippen LogP contribution in [0.2, 0.25) is 0 Å². The zero-order chi connectivity index (χ0) is 23.1. The fraction of sp³-hybridized carbons (Fsp3) is 0.0833. The second kappa shape index (κ2) is 7.79. The van der Waals surface area contributed by atoms with Crippen LogP contribution in [-0.2, 0) is 0 Å². The third-order valence-electron chi connectivity index (χ3n) is 5.55. The molecule has 0 saturated heterocycles. The van der Waals surface area contributed by atoms with E-state index in [1.54, 1.807) is 6.07 Å². The predicted octanol–water partition coefficient (Wildman–Crippen LogP) is 4.26. The Morgan fingerprint density at radius 1 is 1.00 bits per heavy atom. The zero-order valence-corrected chi connectivity index (χ0v) is 17.7. The lowest BCUT2D eigenvalue weighted by atomic mass is 9.93. The molecule has 0 unspecified atom stereocenters. The molecule has 0 fully saturated rings. The maximum atomic E-state index is 11.9. The highest BCUT2D eigenvalue weighted by Crippen LogP contribution is 2.35. The molecular formula is C24H18N4O5. The number of imidazole rings is 1. The van der Waals surface area contributed by atoms with Gasteiger partial charge in [-0.2, -0.15) is 15.1 Å². The van der Waals surface area contributed by atoms with Crippen molar-refractivity contribution in [2.75, 3.05) is 7.11 Å². The molecule has 33 heavy (non-hydrogen) atoms. The van der Waals surface area contributed by atoms with Crippen LogP contribution >= 0.6 is 0 Å². The number of carboxylic acids is 1. The zero-order valence-electron chi connectivity index (χ0n) is 17.7. The number of hydrogen-bond donors (Lipinski definition) is 3. The van der Waals surface area contributed by atoms with Gasteiger partial charge in [-0.3, -0.25) is 0 Å². The minimum absolute atomic E-state index is 0.116. The number of benzene rings is 3. The average Bonchev–Trinajstić information content (AvgIpc) is 3.46. The summed E-state index contributed by atoms with van der Waals surface area (Å²) in [5, 5.41) is 12.3. The number of aryl methyl sites for hydroxylation is 1. The summed E-state index contributed by atoms with van der Waals surface area (Å²) in [4.78, 5) is 34.4. The Morgan fingerprint density at radius 3 is 2.27 bits per heavy atom. The molecule has 0 spiro atoms. The van der Waals surface area contributed by atoms with Crippen molar-refractivity contribution in [2.45, 2.75) is 6.92 Å². The van der Waals surface area contributed by atoms with Crippen molar-refractivity contribution in [2.24, 2.45) is 0 Å². The van der Waals surface area contributed by atoms with E-state index in [0.29, 0.717) is 16.9 Å². The summed E-state index contributed by atoms with van der Waals surface area (Å²) in [7, 11) is 1.47. The highest BCUT2D eigenvalue weighted by molar-refractivity contribution is 6.05. The van der Waals surface area contributed by atoms with Gasteiger partial charge in [0.1, 0.15) is 0 Å². The van der Waals surface area contributed by atoms with Gasteiger partial charge in [-0.15, -0.1) is 0 Å². The molecular weight excluding hydrogens is 424 g/mol. The van der Waals surface area contributed by atoms with Crippen molar-refractivity contribution >= 4 is 17.0 Å². The van der Waals surface area contributed by atoms with Crippen LogP contribution in [0.1, 0.15) is 15.9 Å². The highest BCUT2D eigenvalue weighted by Gasteiger charge is 2.19. The lowest BCUT2D eigenvalue weighted by molar-refractivity contribution is 0.0699. The Balaban J connectivity index is 1.61. The maximum Gasteiger partial charge on any atom is 0.460 e. The molecule has 0 aliphatic rings. The van der Waals surface area contributed by atoms with E-state index in [9.17, 15) is 14.7 Å². The predicted molar refractivity (Wildman–Crippen MR) is 121 cm³/mol. The molecule has 0 atom stereocenters. The number of nitrogens with zero attached hydrogens (tertiary/aromatic N) is 2. The number of rotatable bonds is 5. The van der Waals surface area contributed by atoms with Crippen LogP contribution in [-0.4, -0.2) is 38.3 Å². The van der Waals surface area contributed by atoms with E-state index in [1.807, 2.05) is 55.5 Å². The van der Waals surface area contributed by atoms with Gasteiger partial charge in [0, 0.05) is 5.56 Å². The van der Waals surface area contributed by atoms with Crippen LogP contribution in [0.15, 0.2) is 63.9 Å². The summed E-state index contributed by atoms with van der Waals surface area (Å²) >= 11 is 0. The summed E-state index contributed by atoms with van der Waals surface area (Å²) < 4.78 is 9.87. The summed E-state index contributed by atoms with van der Waals surface area (Å²) in [6, 6.07) is 17.1. The van der Waals surface area contributed by atoms with E-state index in [1.165, 1.54) is 7.11 Å². The van der Waals surface area contributed by atoms with Crippen LogP contribution in [0.25, 0.3) is 44.7 Å². The number of H-pyrrole nitrogens is 2. The van der Waals surface area contributed by atoms with E-state index < -0.39 is 11.7 Å². The number of aromatic nitrogens is 4. The van der Waals surface area contributed by atoms with Crippen molar-refractivity contribution in [3.8, 4) is 39.7 Å². The molecule has 2 heterocycles. The van der Waals surface area contributed by atoms with Crippen molar-refractivity contribution in [1.82, 2.24) is 20.1 Å². The van der Waals surface area contributed by atoms with Gasteiger partial charge < -0.3 is 19.4 Å². The summed E-state index contributed by atoms with van der Waals surface area (Å²) in [5.41, 5.74) is 6.02. The third kappa shape index (κ3) is 3.45. The second-order valence-corrected chi connectivity index (χ2v) is 7.42. The number of methoxy groups -OCH3 is 1. The highest BCUT2D eigenvalue weighted by atomic mass is 16.5. The van der Waals surface area contributed by atoms with Gasteiger partial charge in [0.15, 0.2) is 5.82 Å². The van der Waals surface area contributed by atoms with E-state index in [4.69, 9.17) is 9.26 Å². The first-order valence-electron chi connectivity index (χ1n) is 10.0. The van der Waals surface area contributed by atoms with Gasteiger partial charge in [0.05, 0.1) is 23.7 Å². The molecule has 0 aliphatic carbocycles. The van der Waals surface area contributed by atoms with Crippen LogP contribution < -0.4 is 10.5 Å². The van der Waals surface area contributed by atoms with E-state index in [2.05, 4.69) is 20.1 Å². The van der Waals surface area contributed by atoms with Gasteiger partial charge >= 0.3 is 11.7 Å². The molecule has 9 nitrogen and oxygen atoms in total. The van der Waals surface area contributed by atoms with E-state index >= 15 is 0 Å². The normalized spacial score (nSPS) is 11.1. The molecule has 5 aromatic rings. The Bertz CT molecular complexity index is 1560. The van der Waals surface area contributed by atoms with Crippen molar-refractivity contribution in [3.05, 3.63) is 76.3 Å². The molecule has 0 bridgehead atoms.